The second-order valence-corrected chi connectivity index (χ2v) is 6.12. The zero-order valence-corrected chi connectivity index (χ0v) is 12.8. The summed E-state index contributed by atoms with van der Waals surface area (Å²) in [4.78, 5) is 14.5. The second kappa shape index (κ2) is 6.15. The third-order valence-electron chi connectivity index (χ3n) is 3.97. The van der Waals surface area contributed by atoms with Crippen molar-refractivity contribution in [3.63, 3.8) is 0 Å². The first-order valence-corrected chi connectivity index (χ1v) is 8.35. The van der Waals surface area contributed by atoms with E-state index in [0.29, 0.717) is 19.8 Å². The molecule has 1 aromatic carbocycles. The van der Waals surface area contributed by atoms with Crippen LogP contribution in [0.5, 0.6) is 11.5 Å². The topological polar surface area (TPSA) is 59.0 Å². The van der Waals surface area contributed by atoms with Crippen LogP contribution >= 0.6 is 11.8 Å². The van der Waals surface area contributed by atoms with E-state index in [1.165, 1.54) is 0 Å². The van der Waals surface area contributed by atoms with Gasteiger partial charge in [0.15, 0.2) is 11.5 Å². The zero-order chi connectivity index (χ0) is 14.8. The van der Waals surface area contributed by atoms with Crippen molar-refractivity contribution in [2.24, 2.45) is 0 Å². The quantitative estimate of drug-likeness (QED) is 0.861. The minimum absolute atomic E-state index is 0.368. The molecule has 2 heterocycles. The molecule has 0 bridgehead atoms. The Kier molecular flexibility index (Phi) is 4.26. The fourth-order valence-corrected chi connectivity index (χ4v) is 3.55. The van der Waals surface area contributed by atoms with Crippen LogP contribution in [-0.4, -0.2) is 48.0 Å². The van der Waals surface area contributed by atoms with Crippen LogP contribution < -0.4 is 9.47 Å². The van der Waals surface area contributed by atoms with Crippen LogP contribution in [0.3, 0.4) is 0 Å². The Balaban J connectivity index is 1.85. The molecule has 0 radical (unpaired) electrons. The molecule has 5 nitrogen and oxygen atoms in total. The van der Waals surface area contributed by atoms with Crippen molar-refractivity contribution >= 4 is 17.7 Å². The minimum atomic E-state index is -0.726. The first-order chi connectivity index (χ1) is 10.2. The Morgan fingerprint density at radius 1 is 1.38 bits per heavy atom. The number of carboxylic acid groups (broad SMARTS) is 1. The number of benzene rings is 1. The van der Waals surface area contributed by atoms with Crippen LogP contribution in [0.15, 0.2) is 17.0 Å². The molecule has 0 amide bonds. The number of aliphatic carboxylic acids is 1. The number of hydrogen-bond donors (Lipinski definition) is 1. The Bertz CT molecular complexity index is 549. The number of nitrogens with zero attached hydrogens (tertiary/aromatic N) is 1. The van der Waals surface area contributed by atoms with Crippen molar-refractivity contribution < 1.29 is 19.4 Å². The molecule has 2 aliphatic rings. The average molecular weight is 309 g/mol. The van der Waals surface area contributed by atoms with Crippen LogP contribution in [0.4, 0.5) is 0 Å². The van der Waals surface area contributed by atoms with Gasteiger partial charge < -0.3 is 14.6 Å². The van der Waals surface area contributed by atoms with E-state index in [2.05, 4.69) is 0 Å². The first kappa shape index (κ1) is 14.5. The lowest BCUT2D eigenvalue weighted by molar-refractivity contribution is -0.142. The van der Waals surface area contributed by atoms with Gasteiger partial charge in [-0.3, -0.25) is 9.69 Å². The van der Waals surface area contributed by atoms with E-state index in [0.717, 1.165) is 41.3 Å². The molecule has 1 unspecified atom stereocenters. The summed E-state index contributed by atoms with van der Waals surface area (Å²) < 4.78 is 11.2. The maximum atomic E-state index is 11.3. The fraction of sp³-hybridized carbons (Fsp3) is 0.533. The number of rotatable bonds is 4. The molecule has 1 saturated heterocycles. The highest BCUT2D eigenvalue weighted by Crippen LogP contribution is 2.37. The third kappa shape index (κ3) is 2.96. The lowest BCUT2D eigenvalue weighted by Gasteiger charge is -2.25. The van der Waals surface area contributed by atoms with Crippen molar-refractivity contribution in [2.75, 3.05) is 26.0 Å². The highest BCUT2D eigenvalue weighted by Gasteiger charge is 2.31. The van der Waals surface area contributed by atoms with Crippen molar-refractivity contribution in [1.29, 1.82) is 0 Å². The number of thioether (sulfide) groups is 1. The predicted octanol–water partition coefficient (Wildman–Crippen LogP) is 2.23. The standard InChI is InChI=1S/C15H19NO4S/c1-21-14-8-13-12(19-5-6-20-13)7-10(14)9-16-4-2-3-11(16)15(17)18/h7-8,11H,2-6,9H2,1H3,(H,17,18). The van der Waals surface area contributed by atoms with Gasteiger partial charge >= 0.3 is 5.97 Å². The maximum Gasteiger partial charge on any atom is 0.320 e. The van der Waals surface area contributed by atoms with Crippen LogP contribution in [0, 0.1) is 0 Å². The normalized spacial score (nSPS) is 21.5. The van der Waals surface area contributed by atoms with Crippen molar-refractivity contribution in [1.82, 2.24) is 4.90 Å². The summed E-state index contributed by atoms with van der Waals surface area (Å²) in [6.45, 7) is 2.61. The number of carbonyl (C=O) groups is 1. The minimum Gasteiger partial charge on any atom is -0.486 e. The zero-order valence-electron chi connectivity index (χ0n) is 12.0. The molecule has 2 aliphatic heterocycles. The van der Waals surface area contributed by atoms with Gasteiger partial charge in [-0.1, -0.05) is 0 Å². The molecule has 1 N–H and O–H groups in total. The number of hydrogen-bond acceptors (Lipinski definition) is 5. The number of fused-ring (bicyclic) bond motifs is 1. The van der Waals surface area contributed by atoms with E-state index in [1.807, 2.05) is 23.3 Å². The first-order valence-electron chi connectivity index (χ1n) is 7.12. The molecule has 1 fully saturated rings. The molecule has 21 heavy (non-hydrogen) atoms. The summed E-state index contributed by atoms with van der Waals surface area (Å²) in [6.07, 6.45) is 3.69. The molecule has 3 rings (SSSR count). The van der Waals surface area contributed by atoms with Crippen LogP contribution in [-0.2, 0) is 11.3 Å². The second-order valence-electron chi connectivity index (χ2n) is 5.27. The van der Waals surface area contributed by atoms with Gasteiger partial charge in [0, 0.05) is 11.4 Å². The monoisotopic (exact) mass is 309 g/mol. The SMILES string of the molecule is CSc1cc2c(cc1CN1CCCC1C(=O)O)OCCO2. The lowest BCUT2D eigenvalue weighted by Crippen LogP contribution is -2.35. The molecule has 114 valence electrons. The fourth-order valence-electron chi connectivity index (χ4n) is 2.94. The smallest absolute Gasteiger partial charge is 0.320 e. The van der Waals surface area contributed by atoms with Gasteiger partial charge in [-0.25, -0.2) is 0 Å². The molecule has 1 aromatic rings. The van der Waals surface area contributed by atoms with Crippen LogP contribution in [0.25, 0.3) is 0 Å². The van der Waals surface area contributed by atoms with Gasteiger partial charge in [0.25, 0.3) is 0 Å². The summed E-state index contributed by atoms with van der Waals surface area (Å²) in [7, 11) is 0. The molecule has 0 spiro atoms. The maximum absolute atomic E-state index is 11.3. The molecule has 6 heteroatoms. The Morgan fingerprint density at radius 2 is 2.10 bits per heavy atom. The summed E-state index contributed by atoms with van der Waals surface area (Å²) in [5, 5.41) is 9.29. The van der Waals surface area contributed by atoms with E-state index >= 15 is 0 Å². The molecule has 0 aliphatic carbocycles. The Labute approximate surface area is 128 Å². The molecule has 1 atom stereocenters. The highest BCUT2D eigenvalue weighted by atomic mass is 32.2. The third-order valence-corrected chi connectivity index (χ3v) is 4.79. The van der Waals surface area contributed by atoms with Crippen molar-refractivity contribution in [3.05, 3.63) is 17.7 Å². The number of carboxylic acids is 1. The summed E-state index contributed by atoms with van der Waals surface area (Å²) in [6, 6.07) is 3.63. The van der Waals surface area contributed by atoms with Crippen LogP contribution in [0.2, 0.25) is 0 Å². The van der Waals surface area contributed by atoms with Gasteiger partial charge in [0.05, 0.1) is 0 Å². The van der Waals surface area contributed by atoms with Gasteiger partial charge in [-0.2, -0.15) is 0 Å². The van der Waals surface area contributed by atoms with Crippen molar-refractivity contribution in [2.45, 2.75) is 30.3 Å². The van der Waals surface area contributed by atoms with Gasteiger partial charge in [-0.15, -0.1) is 11.8 Å². The van der Waals surface area contributed by atoms with E-state index < -0.39 is 5.97 Å². The van der Waals surface area contributed by atoms with E-state index in [-0.39, 0.29) is 6.04 Å². The van der Waals surface area contributed by atoms with Gasteiger partial charge in [0.2, 0.25) is 0 Å². The largest absolute Gasteiger partial charge is 0.486 e. The van der Waals surface area contributed by atoms with E-state index in [1.54, 1.807) is 11.8 Å². The Morgan fingerprint density at radius 3 is 2.76 bits per heavy atom. The van der Waals surface area contributed by atoms with Crippen molar-refractivity contribution in [3.8, 4) is 11.5 Å². The lowest BCUT2D eigenvalue weighted by atomic mass is 10.1. The molecule has 0 aromatic heterocycles. The summed E-state index contributed by atoms with van der Waals surface area (Å²) in [5.74, 6) is 0.821. The molecular weight excluding hydrogens is 290 g/mol. The van der Waals surface area contributed by atoms with Crippen LogP contribution in [0.1, 0.15) is 18.4 Å². The molecule has 0 saturated carbocycles. The summed E-state index contributed by atoms with van der Waals surface area (Å²) in [5.41, 5.74) is 1.11. The highest BCUT2D eigenvalue weighted by molar-refractivity contribution is 7.98. The predicted molar refractivity (Wildman–Crippen MR) is 80.3 cm³/mol. The van der Waals surface area contributed by atoms with Gasteiger partial charge in [-0.05, 0) is 43.3 Å². The van der Waals surface area contributed by atoms with E-state index in [4.69, 9.17) is 9.47 Å². The number of ether oxygens (including phenoxy) is 2. The van der Waals surface area contributed by atoms with Gasteiger partial charge in [0.1, 0.15) is 19.3 Å². The van der Waals surface area contributed by atoms with E-state index in [9.17, 15) is 9.90 Å². The Hall–Kier alpha value is -1.40. The number of likely N-dealkylation sites (tertiary alicyclic amines) is 1. The molecular formula is C15H19NO4S. The average Bonchev–Trinajstić information content (AvgIpc) is 2.95. The summed E-state index contributed by atoms with van der Waals surface area (Å²) >= 11 is 1.65.